The van der Waals surface area contributed by atoms with Crippen LogP contribution < -0.4 is 20.7 Å². The fourth-order valence-corrected chi connectivity index (χ4v) is 3.17. The molecule has 2 aromatic rings. The van der Waals surface area contributed by atoms with Crippen LogP contribution in [-0.4, -0.2) is 36.1 Å². The molecule has 1 aliphatic rings. The van der Waals surface area contributed by atoms with Gasteiger partial charge >= 0.3 is 0 Å². The van der Waals surface area contributed by atoms with Crippen LogP contribution >= 0.6 is 11.6 Å². The molecule has 2 heterocycles. The van der Waals surface area contributed by atoms with Gasteiger partial charge in [-0.05, 0) is 37.1 Å². The number of piperidine rings is 1. The Morgan fingerprint density at radius 3 is 2.78 bits per heavy atom. The lowest BCUT2D eigenvalue weighted by Gasteiger charge is -2.33. The molecular weight excluding hydrogens is 368 g/mol. The van der Waals surface area contributed by atoms with Crippen molar-refractivity contribution in [3.63, 3.8) is 0 Å². The Morgan fingerprint density at radius 2 is 2.15 bits per heavy atom. The highest BCUT2D eigenvalue weighted by atomic mass is 35.5. The van der Waals surface area contributed by atoms with E-state index in [1.165, 1.54) is 7.11 Å². The highest BCUT2D eigenvalue weighted by Gasteiger charge is 2.28. The van der Waals surface area contributed by atoms with Crippen LogP contribution in [0.1, 0.15) is 18.7 Å². The number of amides is 1. The topological polar surface area (TPSA) is 117 Å². The fourth-order valence-electron chi connectivity index (χ4n) is 3.05. The lowest BCUT2D eigenvalue weighted by molar-refractivity contribution is -0.122. The Morgan fingerprint density at radius 1 is 1.41 bits per heavy atom. The molecule has 1 saturated heterocycles. The number of rotatable bonds is 5. The zero-order valence-corrected chi connectivity index (χ0v) is 15.5. The molecule has 0 bridgehead atoms. The molecule has 3 rings (SSSR count). The average molecular weight is 387 g/mol. The molecule has 0 aliphatic carbocycles. The molecular formula is C18H19ClN6O2. The van der Waals surface area contributed by atoms with E-state index in [0.717, 1.165) is 18.5 Å². The van der Waals surface area contributed by atoms with Gasteiger partial charge in [0.1, 0.15) is 6.07 Å². The van der Waals surface area contributed by atoms with Crippen molar-refractivity contribution in [3.8, 4) is 11.8 Å². The summed E-state index contributed by atoms with van der Waals surface area (Å²) in [5.74, 6) is 0.621. The molecule has 0 saturated carbocycles. The summed E-state index contributed by atoms with van der Waals surface area (Å²) in [6.07, 6.45) is 1.53. The van der Waals surface area contributed by atoms with Crippen LogP contribution in [0.25, 0.3) is 0 Å². The maximum atomic E-state index is 11.6. The molecule has 27 heavy (non-hydrogen) atoms. The molecule has 0 radical (unpaired) electrons. The third-order valence-corrected chi connectivity index (χ3v) is 4.63. The third kappa shape index (κ3) is 4.20. The molecule has 140 valence electrons. The second-order valence-corrected chi connectivity index (χ2v) is 6.62. The van der Waals surface area contributed by atoms with Gasteiger partial charge in [0.2, 0.25) is 17.5 Å². The van der Waals surface area contributed by atoms with Gasteiger partial charge < -0.3 is 20.7 Å². The van der Waals surface area contributed by atoms with Gasteiger partial charge in [-0.2, -0.15) is 15.2 Å². The zero-order valence-electron chi connectivity index (χ0n) is 14.8. The van der Waals surface area contributed by atoms with Gasteiger partial charge in [-0.25, -0.2) is 0 Å². The predicted molar refractivity (Wildman–Crippen MR) is 102 cm³/mol. The quantitative estimate of drug-likeness (QED) is 0.810. The summed E-state index contributed by atoms with van der Waals surface area (Å²) in [4.78, 5) is 22.1. The number of nitrogens with zero attached hydrogens (tertiary/aromatic N) is 4. The van der Waals surface area contributed by atoms with E-state index in [9.17, 15) is 10.1 Å². The van der Waals surface area contributed by atoms with Crippen molar-refractivity contribution < 1.29 is 9.53 Å². The summed E-state index contributed by atoms with van der Waals surface area (Å²) < 4.78 is 5.54. The van der Waals surface area contributed by atoms with Gasteiger partial charge in [0, 0.05) is 23.8 Å². The van der Waals surface area contributed by atoms with Crippen LogP contribution in [0.4, 0.5) is 17.3 Å². The summed E-state index contributed by atoms with van der Waals surface area (Å²) >= 11 is 5.92. The van der Waals surface area contributed by atoms with Gasteiger partial charge in [0.25, 0.3) is 0 Å². The van der Waals surface area contributed by atoms with Gasteiger partial charge in [-0.15, -0.1) is 0 Å². The minimum atomic E-state index is -0.340. The molecule has 9 heteroatoms. The van der Waals surface area contributed by atoms with Crippen molar-refractivity contribution in [2.45, 2.75) is 12.8 Å². The summed E-state index contributed by atoms with van der Waals surface area (Å²) in [6.45, 7) is 1.11. The molecule has 1 aliphatic heterocycles. The maximum absolute atomic E-state index is 11.6. The molecule has 1 unspecified atom stereocenters. The average Bonchev–Trinajstić information content (AvgIpc) is 2.69. The van der Waals surface area contributed by atoms with Crippen molar-refractivity contribution in [1.29, 1.82) is 5.26 Å². The van der Waals surface area contributed by atoms with Crippen LogP contribution in [0.3, 0.4) is 0 Å². The smallest absolute Gasteiger partial charge is 0.236 e. The number of ether oxygens (including phenoxy) is 1. The number of carbonyl (C=O) groups excluding carboxylic acids is 1. The van der Waals surface area contributed by atoms with Crippen molar-refractivity contribution in [1.82, 2.24) is 9.97 Å². The molecule has 1 aromatic heterocycles. The molecule has 8 nitrogen and oxygen atoms in total. The van der Waals surface area contributed by atoms with E-state index in [4.69, 9.17) is 22.1 Å². The first-order valence-electron chi connectivity index (χ1n) is 8.44. The minimum Gasteiger partial charge on any atom is -0.490 e. The maximum Gasteiger partial charge on any atom is 0.236 e. The molecule has 0 spiro atoms. The Labute approximate surface area is 161 Å². The van der Waals surface area contributed by atoms with E-state index in [1.54, 1.807) is 24.3 Å². The summed E-state index contributed by atoms with van der Waals surface area (Å²) in [6, 6.07) is 9.04. The first-order chi connectivity index (χ1) is 13.0. The van der Waals surface area contributed by atoms with E-state index in [1.807, 2.05) is 11.0 Å². The fraction of sp³-hybridized carbons (Fsp3) is 0.333. The number of nitrogens with one attached hydrogen (secondary N) is 1. The second-order valence-electron chi connectivity index (χ2n) is 6.18. The van der Waals surface area contributed by atoms with Crippen molar-refractivity contribution in [3.05, 3.63) is 35.1 Å². The number of primary amides is 1. The summed E-state index contributed by atoms with van der Waals surface area (Å²) in [5, 5.41) is 13.1. The van der Waals surface area contributed by atoms with Gasteiger partial charge in [-0.1, -0.05) is 11.6 Å². The van der Waals surface area contributed by atoms with E-state index < -0.39 is 0 Å². The van der Waals surface area contributed by atoms with Gasteiger partial charge in [-0.3, -0.25) is 4.79 Å². The number of anilines is 3. The summed E-state index contributed by atoms with van der Waals surface area (Å²) in [7, 11) is 1.51. The number of nitriles is 1. The predicted octanol–water partition coefficient (Wildman–Crippen LogP) is 2.46. The van der Waals surface area contributed by atoms with Crippen LogP contribution in [-0.2, 0) is 4.79 Å². The Kier molecular flexibility index (Phi) is 5.62. The molecule has 3 N–H and O–H groups in total. The zero-order chi connectivity index (χ0) is 19.4. The van der Waals surface area contributed by atoms with Crippen LogP contribution in [0.5, 0.6) is 5.75 Å². The van der Waals surface area contributed by atoms with E-state index in [2.05, 4.69) is 15.3 Å². The van der Waals surface area contributed by atoms with E-state index in [0.29, 0.717) is 35.5 Å². The number of hydrogen-bond donors (Lipinski definition) is 2. The number of nitrogens with two attached hydrogens (primary N) is 1. The minimum absolute atomic E-state index is 0.00321. The van der Waals surface area contributed by atoms with Gasteiger partial charge in [0.15, 0.2) is 11.6 Å². The molecule has 1 amide bonds. The molecule has 1 atom stereocenters. The van der Waals surface area contributed by atoms with E-state index >= 15 is 0 Å². The van der Waals surface area contributed by atoms with Crippen LogP contribution in [0.2, 0.25) is 5.02 Å². The van der Waals surface area contributed by atoms with E-state index in [-0.39, 0.29) is 17.6 Å². The highest BCUT2D eigenvalue weighted by molar-refractivity contribution is 6.30. The number of halogens is 1. The lowest BCUT2D eigenvalue weighted by atomic mass is 9.97. The largest absolute Gasteiger partial charge is 0.490 e. The first-order valence-corrected chi connectivity index (χ1v) is 8.82. The third-order valence-electron chi connectivity index (χ3n) is 4.38. The number of methoxy groups -OCH3 is 1. The van der Waals surface area contributed by atoms with Crippen molar-refractivity contribution in [2.24, 2.45) is 11.7 Å². The van der Waals surface area contributed by atoms with Crippen LogP contribution in [0.15, 0.2) is 24.3 Å². The monoisotopic (exact) mass is 386 g/mol. The second kappa shape index (κ2) is 8.10. The normalized spacial score (nSPS) is 16.5. The number of benzene rings is 1. The Balaban J connectivity index is 1.99. The Hall–Kier alpha value is -3.05. The SMILES string of the molecule is COc1c(Nc2ccc(Cl)cc2)nc(C#N)nc1N1CCCC(C(N)=O)C1. The van der Waals surface area contributed by atoms with Crippen molar-refractivity contribution in [2.75, 3.05) is 30.4 Å². The standard InChI is InChI=1S/C18H19ClN6O2/c1-27-15-17(22-13-6-4-12(19)5-7-13)23-14(9-20)24-18(15)25-8-2-3-11(10-25)16(21)26/h4-7,11H,2-3,8,10H2,1H3,(H2,21,26)(H,22,23,24). The molecule has 1 aromatic carbocycles. The number of hydrogen-bond acceptors (Lipinski definition) is 7. The Bertz CT molecular complexity index is 881. The highest BCUT2D eigenvalue weighted by Crippen LogP contribution is 2.36. The number of carbonyl (C=O) groups is 1. The molecule has 1 fully saturated rings. The van der Waals surface area contributed by atoms with Crippen molar-refractivity contribution >= 4 is 34.8 Å². The first kappa shape index (κ1) is 18.7. The number of aromatic nitrogens is 2. The van der Waals surface area contributed by atoms with Crippen LogP contribution in [0, 0.1) is 17.2 Å². The lowest BCUT2D eigenvalue weighted by Crippen LogP contribution is -2.41. The van der Waals surface area contributed by atoms with Gasteiger partial charge in [0.05, 0.1) is 13.0 Å². The summed E-state index contributed by atoms with van der Waals surface area (Å²) in [5.41, 5.74) is 6.21.